The fraction of sp³-hybridized carbons (Fsp3) is 0.391. The average Bonchev–Trinajstić information content (AvgIpc) is 2.72. The zero-order valence-electron chi connectivity index (χ0n) is 17.1. The standard InChI is InChI=1S/C23H28N2O4/c1-3-28-21-9-4-5-10-22(21)29-15-7-11-23(27)24-19-12-13-20-18(16-19)8-6-14-25(20)17(2)26/h4-5,9-10,12-13,16H,3,6-8,11,14-15H2,1-2H3,(H,24,27). The largest absolute Gasteiger partial charge is 0.490 e. The number of amides is 2. The van der Waals surface area contributed by atoms with Gasteiger partial charge in [-0.15, -0.1) is 0 Å². The van der Waals surface area contributed by atoms with Gasteiger partial charge >= 0.3 is 0 Å². The molecule has 1 aliphatic heterocycles. The number of carbonyl (C=O) groups is 2. The maximum Gasteiger partial charge on any atom is 0.224 e. The van der Waals surface area contributed by atoms with Gasteiger partial charge in [0.25, 0.3) is 0 Å². The molecule has 6 nitrogen and oxygen atoms in total. The van der Waals surface area contributed by atoms with E-state index in [1.165, 1.54) is 0 Å². The van der Waals surface area contributed by atoms with Crippen LogP contribution in [0.2, 0.25) is 0 Å². The van der Waals surface area contributed by atoms with Crippen LogP contribution in [0.3, 0.4) is 0 Å². The molecule has 0 unspecified atom stereocenters. The second kappa shape index (κ2) is 9.96. The van der Waals surface area contributed by atoms with Gasteiger partial charge in [-0.25, -0.2) is 0 Å². The molecule has 2 aromatic carbocycles. The molecule has 1 heterocycles. The first-order valence-electron chi connectivity index (χ1n) is 10.1. The van der Waals surface area contributed by atoms with Crippen LogP contribution in [-0.2, 0) is 16.0 Å². The number of anilines is 2. The van der Waals surface area contributed by atoms with E-state index in [1.54, 1.807) is 11.8 Å². The number of hydrogen-bond donors (Lipinski definition) is 1. The molecular weight excluding hydrogens is 368 g/mol. The number of fused-ring (bicyclic) bond motifs is 1. The first kappa shape index (κ1) is 20.7. The third-order valence-electron chi connectivity index (χ3n) is 4.82. The molecule has 0 saturated carbocycles. The van der Waals surface area contributed by atoms with E-state index in [2.05, 4.69) is 5.32 Å². The Bertz CT molecular complexity index is 866. The van der Waals surface area contributed by atoms with Crippen molar-refractivity contribution in [3.63, 3.8) is 0 Å². The van der Waals surface area contributed by atoms with Crippen LogP contribution in [0.1, 0.15) is 38.7 Å². The molecule has 2 aromatic rings. The molecule has 6 heteroatoms. The molecular formula is C23H28N2O4. The van der Waals surface area contributed by atoms with Gasteiger partial charge in [0, 0.05) is 31.3 Å². The van der Waals surface area contributed by atoms with E-state index in [9.17, 15) is 9.59 Å². The number of para-hydroxylation sites is 2. The molecule has 1 N–H and O–H groups in total. The molecule has 154 valence electrons. The smallest absolute Gasteiger partial charge is 0.224 e. The van der Waals surface area contributed by atoms with Crippen LogP contribution in [0, 0.1) is 0 Å². The number of aryl methyl sites for hydroxylation is 1. The van der Waals surface area contributed by atoms with Crippen LogP contribution in [-0.4, -0.2) is 31.6 Å². The van der Waals surface area contributed by atoms with Gasteiger partial charge in [0.05, 0.1) is 13.2 Å². The Labute approximate surface area is 171 Å². The van der Waals surface area contributed by atoms with Gasteiger partial charge in [-0.3, -0.25) is 9.59 Å². The molecule has 0 fully saturated rings. The minimum absolute atomic E-state index is 0.0497. The molecule has 2 amide bonds. The number of carbonyl (C=O) groups excluding carboxylic acids is 2. The van der Waals surface area contributed by atoms with Crippen LogP contribution in [0.5, 0.6) is 11.5 Å². The van der Waals surface area contributed by atoms with Crippen LogP contribution in [0.15, 0.2) is 42.5 Å². The number of hydrogen-bond acceptors (Lipinski definition) is 4. The summed E-state index contributed by atoms with van der Waals surface area (Å²) >= 11 is 0. The van der Waals surface area contributed by atoms with Gasteiger partial charge in [0.1, 0.15) is 0 Å². The lowest BCUT2D eigenvalue weighted by Gasteiger charge is -2.29. The monoisotopic (exact) mass is 396 g/mol. The van der Waals surface area contributed by atoms with Crippen LogP contribution < -0.4 is 19.7 Å². The zero-order valence-corrected chi connectivity index (χ0v) is 17.1. The van der Waals surface area contributed by atoms with Crippen molar-refractivity contribution in [3.8, 4) is 11.5 Å². The molecule has 0 atom stereocenters. The Morgan fingerprint density at radius 3 is 2.59 bits per heavy atom. The van der Waals surface area contributed by atoms with Gasteiger partial charge in [-0.05, 0) is 62.1 Å². The minimum Gasteiger partial charge on any atom is -0.490 e. The Hall–Kier alpha value is -3.02. The van der Waals surface area contributed by atoms with E-state index in [0.29, 0.717) is 37.6 Å². The van der Waals surface area contributed by atoms with Crippen molar-refractivity contribution in [1.82, 2.24) is 0 Å². The highest BCUT2D eigenvalue weighted by Gasteiger charge is 2.20. The number of nitrogens with zero attached hydrogens (tertiary/aromatic N) is 1. The van der Waals surface area contributed by atoms with Crippen molar-refractivity contribution < 1.29 is 19.1 Å². The summed E-state index contributed by atoms with van der Waals surface area (Å²) in [6.45, 7) is 5.28. The third kappa shape index (κ3) is 5.50. The number of rotatable bonds is 8. The summed E-state index contributed by atoms with van der Waals surface area (Å²) in [4.78, 5) is 25.8. The lowest BCUT2D eigenvalue weighted by Crippen LogP contribution is -2.33. The number of ether oxygens (including phenoxy) is 2. The molecule has 1 aliphatic rings. The number of nitrogens with one attached hydrogen (secondary N) is 1. The lowest BCUT2D eigenvalue weighted by molar-refractivity contribution is -0.117. The summed E-state index contributed by atoms with van der Waals surface area (Å²) in [5.74, 6) is 1.41. The predicted octanol–water partition coefficient (Wildman–Crippen LogP) is 4.18. The van der Waals surface area contributed by atoms with Gasteiger partial charge < -0.3 is 19.7 Å². The van der Waals surface area contributed by atoms with E-state index >= 15 is 0 Å². The number of benzene rings is 2. The van der Waals surface area contributed by atoms with E-state index < -0.39 is 0 Å². The Morgan fingerprint density at radius 1 is 1.10 bits per heavy atom. The highest BCUT2D eigenvalue weighted by atomic mass is 16.5. The van der Waals surface area contributed by atoms with Crippen molar-refractivity contribution in [2.75, 3.05) is 30.0 Å². The van der Waals surface area contributed by atoms with Crippen molar-refractivity contribution >= 4 is 23.2 Å². The van der Waals surface area contributed by atoms with E-state index in [1.807, 2.05) is 49.4 Å². The maximum atomic E-state index is 12.3. The van der Waals surface area contributed by atoms with Gasteiger partial charge in [-0.2, -0.15) is 0 Å². The summed E-state index contributed by atoms with van der Waals surface area (Å²) in [6, 6.07) is 13.3. The van der Waals surface area contributed by atoms with E-state index in [4.69, 9.17) is 9.47 Å². The molecule has 0 radical (unpaired) electrons. The zero-order chi connectivity index (χ0) is 20.6. The van der Waals surface area contributed by atoms with Gasteiger partial charge in [-0.1, -0.05) is 12.1 Å². The highest BCUT2D eigenvalue weighted by Crippen LogP contribution is 2.30. The predicted molar refractivity (Wildman–Crippen MR) is 114 cm³/mol. The Balaban J connectivity index is 1.48. The molecule has 3 rings (SSSR count). The SMILES string of the molecule is CCOc1ccccc1OCCCC(=O)Nc1ccc2c(c1)CCCN2C(C)=O. The summed E-state index contributed by atoms with van der Waals surface area (Å²) in [5.41, 5.74) is 2.81. The van der Waals surface area contributed by atoms with Crippen molar-refractivity contribution in [1.29, 1.82) is 0 Å². The Morgan fingerprint density at radius 2 is 1.86 bits per heavy atom. The second-order valence-corrected chi connectivity index (χ2v) is 7.00. The molecule has 0 aromatic heterocycles. The van der Waals surface area contributed by atoms with Crippen molar-refractivity contribution in [3.05, 3.63) is 48.0 Å². The summed E-state index contributed by atoms with van der Waals surface area (Å²) in [7, 11) is 0. The molecule has 0 bridgehead atoms. The van der Waals surface area contributed by atoms with E-state index in [0.717, 1.165) is 36.3 Å². The topological polar surface area (TPSA) is 67.9 Å². The van der Waals surface area contributed by atoms with Crippen LogP contribution in [0.4, 0.5) is 11.4 Å². The summed E-state index contributed by atoms with van der Waals surface area (Å²) in [5, 5.41) is 2.94. The summed E-state index contributed by atoms with van der Waals surface area (Å²) < 4.78 is 11.3. The third-order valence-corrected chi connectivity index (χ3v) is 4.82. The fourth-order valence-corrected chi connectivity index (χ4v) is 3.48. The Kier molecular flexibility index (Phi) is 7.11. The summed E-state index contributed by atoms with van der Waals surface area (Å²) in [6.07, 6.45) is 2.82. The molecule has 29 heavy (non-hydrogen) atoms. The van der Waals surface area contributed by atoms with Crippen LogP contribution in [0.25, 0.3) is 0 Å². The fourth-order valence-electron chi connectivity index (χ4n) is 3.48. The first-order valence-corrected chi connectivity index (χ1v) is 10.1. The first-order chi connectivity index (χ1) is 14.1. The van der Waals surface area contributed by atoms with Gasteiger partial charge in [0.2, 0.25) is 11.8 Å². The molecule has 0 saturated heterocycles. The van der Waals surface area contributed by atoms with E-state index in [-0.39, 0.29) is 11.8 Å². The normalized spacial score (nSPS) is 12.8. The quantitative estimate of drug-likeness (QED) is 0.680. The minimum atomic E-state index is -0.0501. The second-order valence-electron chi connectivity index (χ2n) is 7.00. The van der Waals surface area contributed by atoms with Crippen LogP contribution >= 0.6 is 0 Å². The van der Waals surface area contributed by atoms with Crippen molar-refractivity contribution in [2.24, 2.45) is 0 Å². The average molecular weight is 396 g/mol. The maximum absolute atomic E-state index is 12.3. The molecule has 0 spiro atoms. The molecule has 0 aliphatic carbocycles. The van der Waals surface area contributed by atoms with Gasteiger partial charge in [0.15, 0.2) is 11.5 Å². The van der Waals surface area contributed by atoms with Crippen molar-refractivity contribution in [2.45, 2.75) is 39.5 Å². The highest BCUT2D eigenvalue weighted by molar-refractivity contribution is 5.94. The lowest BCUT2D eigenvalue weighted by atomic mass is 10.0.